The largest absolute Gasteiger partial charge is 0.0622 e. The number of hydrogen-bond acceptors (Lipinski definition) is 0. The van der Waals surface area contributed by atoms with E-state index < -0.39 is 0 Å². The van der Waals surface area contributed by atoms with E-state index in [1.54, 1.807) is 0 Å². The summed E-state index contributed by atoms with van der Waals surface area (Å²) in [5.41, 5.74) is 13.6. The number of fused-ring (bicyclic) bond motifs is 2. The summed E-state index contributed by atoms with van der Waals surface area (Å²) in [5, 5.41) is 5.06. The van der Waals surface area contributed by atoms with Crippen LogP contribution in [0.3, 0.4) is 0 Å². The number of benzene rings is 8. The maximum Gasteiger partial charge on any atom is -0.00261 e. The van der Waals surface area contributed by atoms with Crippen molar-refractivity contribution in [2.24, 2.45) is 0 Å². The molecule has 0 N–H and O–H groups in total. The summed E-state index contributed by atoms with van der Waals surface area (Å²) in [4.78, 5) is 0. The first-order valence-corrected chi connectivity index (χ1v) is 15.6. The Labute approximate surface area is 264 Å². The van der Waals surface area contributed by atoms with Crippen molar-refractivity contribution in [2.75, 3.05) is 0 Å². The standard InChI is InChI=1S/C45H32/c1-31-16-18-36(19-17-31)39-28-29-42-43(30-39)45(38-26-22-35(23-27-38)33-12-6-3-7-13-33)41-15-9-8-14-40(41)44(42)37-24-20-34(21-25-37)32-10-4-2-5-11-32/h2-30H,1H3. The molecule has 8 aromatic rings. The maximum absolute atomic E-state index is 2.40. The molecule has 8 aromatic carbocycles. The van der Waals surface area contributed by atoms with Crippen LogP contribution in [0.2, 0.25) is 0 Å². The van der Waals surface area contributed by atoms with Crippen LogP contribution in [-0.4, -0.2) is 0 Å². The van der Waals surface area contributed by atoms with Crippen LogP contribution in [0, 0.1) is 6.92 Å². The maximum atomic E-state index is 2.40. The molecule has 0 aliphatic rings. The number of rotatable bonds is 5. The Bertz CT molecular complexity index is 2260. The van der Waals surface area contributed by atoms with Gasteiger partial charge in [0.15, 0.2) is 0 Å². The summed E-state index contributed by atoms with van der Waals surface area (Å²) in [6, 6.07) is 64.1. The Morgan fingerprint density at radius 2 is 0.578 bits per heavy atom. The molecule has 0 spiro atoms. The van der Waals surface area contributed by atoms with Crippen molar-refractivity contribution >= 4 is 21.5 Å². The number of hydrogen-bond donors (Lipinski definition) is 0. The summed E-state index contributed by atoms with van der Waals surface area (Å²) in [5.74, 6) is 0. The molecule has 0 saturated heterocycles. The van der Waals surface area contributed by atoms with Gasteiger partial charge in [0.05, 0.1) is 0 Å². The lowest BCUT2D eigenvalue weighted by atomic mass is 9.84. The van der Waals surface area contributed by atoms with Crippen LogP contribution >= 0.6 is 0 Å². The normalized spacial score (nSPS) is 11.2. The van der Waals surface area contributed by atoms with Crippen LogP contribution in [0.15, 0.2) is 176 Å². The topological polar surface area (TPSA) is 0 Å². The third kappa shape index (κ3) is 5.01. The van der Waals surface area contributed by atoms with Crippen LogP contribution in [0.25, 0.3) is 77.2 Å². The molecule has 0 nitrogen and oxygen atoms in total. The van der Waals surface area contributed by atoms with E-state index in [1.807, 2.05) is 0 Å². The first-order chi connectivity index (χ1) is 22.2. The zero-order chi connectivity index (χ0) is 30.2. The highest BCUT2D eigenvalue weighted by Crippen LogP contribution is 2.45. The molecule has 0 aliphatic heterocycles. The lowest BCUT2D eigenvalue weighted by molar-refractivity contribution is 1.47. The van der Waals surface area contributed by atoms with Gasteiger partial charge in [-0.3, -0.25) is 0 Å². The van der Waals surface area contributed by atoms with Crippen LogP contribution in [0.4, 0.5) is 0 Å². The molecule has 0 heterocycles. The minimum absolute atomic E-state index is 1.22. The van der Waals surface area contributed by atoms with Gasteiger partial charge in [-0.15, -0.1) is 0 Å². The van der Waals surface area contributed by atoms with Crippen LogP contribution in [0.1, 0.15) is 5.56 Å². The molecule has 0 heteroatoms. The van der Waals surface area contributed by atoms with Gasteiger partial charge in [0.2, 0.25) is 0 Å². The van der Waals surface area contributed by atoms with Crippen molar-refractivity contribution in [3.8, 4) is 55.6 Å². The minimum atomic E-state index is 1.22. The predicted octanol–water partition coefficient (Wildman–Crippen LogP) is 12.6. The summed E-state index contributed by atoms with van der Waals surface area (Å²) in [6.45, 7) is 2.14. The minimum Gasteiger partial charge on any atom is -0.0622 e. The van der Waals surface area contributed by atoms with E-state index in [4.69, 9.17) is 0 Å². The van der Waals surface area contributed by atoms with E-state index in [0.29, 0.717) is 0 Å². The van der Waals surface area contributed by atoms with Gasteiger partial charge >= 0.3 is 0 Å². The Kier molecular flexibility index (Phi) is 6.81. The van der Waals surface area contributed by atoms with E-state index in [2.05, 4.69) is 183 Å². The summed E-state index contributed by atoms with van der Waals surface area (Å²) in [6.07, 6.45) is 0. The molecular formula is C45H32. The third-order valence-corrected chi connectivity index (χ3v) is 8.97. The first kappa shape index (κ1) is 26.9. The third-order valence-electron chi connectivity index (χ3n) is 8.97. The summed E-state index contributed by atoms with van der Waals surface area (Å²) >= 11 is 0. The molecule has 0 aliphatic carbocycles. The predicted molar refractivity (Wildman–Crippen MR) is 193 cm³/mol. The highest BCUT2D eigenvalue weighted by atomic mass is 14.2. The fourth-order valence-corrected chi connectivity index (χ4v) is 6.65. The Morgan fingerprint density at radius 1 is 0.244 bits per heavy atom. The fourth-order valence-electron chi connectivity index (χ4n) is 6.65. The molecule has 0 fully saturated rings. The second-order valence-electron chi connectivity index (χ2n) is 11.8. The van der Waals surface area contributed by atoms with Crippen molar-refractivity contribution in [3.05, 3.63) is 181 Å². The molecular weight excluding hydrogens is 540 g/mol. The summed E-state index contributed by atoms with van der Waals surface area (Å²) < 4.78 is 0. The molecule has 0 bridgehead atoms. The van der Waals surface area contributed by atoms with Crippen LogP contribution in [0.5, 0.6) is 0 Å². The van der Waals surface area contributed by atoms with Crippen LogP contribution in [-0.2, 0) is 0 Å². The quantitative estimate of drug-likeness (QED) is 0.180. The molecule has 212 valence electrons. The van der Waals surface area contributed by atoms with Crippen molar-refractivity contribution in [1.29, 1.82) is 0 Å². The van der Waals surface area contributed by atoms with Gasteiger partial charge in [0.25, 0.3) is 0 Å². The molecule has 0 saturated carbocycles. The Morgan fingerprint density at radius 3 is 1.09 bits per heavy atom. The average molecular weight is 573 g/mol. The van der Waals surface area contributed by atoms with Crippen molar-refractivity contribution in [2.45, 2.75) is 6.92 Å². The molecule has 0 amide bonds. The van der Waals surface area contributed by atoms with E-state index in [0.717, 1.165) is 0 Å². The average Bonchev–Trinajstić information content (AvgIpc) is 3.12. The highest BCUT2D eigenvalue weighted by Gasteiger charge is 2.18. The SMILES string of the molecule is Cc1ccc(-c2ccc3c(-c4ccc(-c5ccccc5)cc4)c4ccccc4c(-c4ccc(-c5ccccc5)cc4)c3c2)cc1. The first-order valence-electron chi connectivity index (χ1n) is 15.6. The van der Waals surface area contributed by atoms with Gasteiger partial charge < -0.3 is 0 Å². The molecule has 8 rings (SSSR count). The van der Waals surface area contributed by atoms with Gasteiger partial charge in [-0.1, -0.05) is 175 Å². The van der Waals surface area contributed by atoms with E-state index >= 15 is 0 Å². The van der Waals surface area contributed by atoms with Gasteiger partial charge in [0, 0.05) is 0 Å². The van der Waals surface area contributed by atoms with Gasteiger partial charge in [-0.25, -0.2) is 0 Å². The highest BCUT2D eigenvalue weighted by molar-refractivity contribution is 6.22. The van der Waals surface area contributed by atoms with E-state index in [9.17, 15) is 0 Å². The molecule has 0 radical (unpaired) electrons. The summed E-state index contributed by atoms with van der Waals surface area (Å²) in [7, 11) is 0. The molecule has 0 atom stereocenters. The zero-order valence-corrected chi connectivity index (χ0v) is 25.2. The zero-order valence-electron chi connectivity index (χ0n) is 25.2. The van der Waals surface area contributed by atoms with Gasteiger partial charge in [-0.05, 0) is 90.2 Å². The monoisotopic (exact) mass is 572 g/mol. The smallest absolute Gasteiger partial charge is 0.00261 e. The lowest BCUT2D eigenvalue weighted by Gasteiger charge is -2.19. The van der Waals surface area contributed by atoms with Crippen molar-refractivity contribution in [3.63, 3.8) is 0 Å². The second kappa shape index (κ2) is 11.4. The molecule has 45 heavy (non-hydrogen) atoms. The second-order valence-corrected chi connectivity index (χ2v) is 11.8. The molecule has 0 aromatic heterocycles. The van der Waals surface area contributed by atoms with Crippen LogP contribution < -0.4 is 0 Å². The Hall–Kier alpha value is -5.72. The van der Waals surface area contributed by atoms with E-state index in [-0.39, 0.29) is 0 Å². The van der Waals surface area contributed by atoms with E-state index in [1.165, 1.54) is 82.7 Å². The lowest BCUT2D eigenvalue weighted by Crippen LogP contribution is -1.92. The molecule has 0 unspecified atom stereocenters. The van der Waals surface area contributed by atoms with Crippen molar-refractivity contribution in [1.82, 2.24) is 0 Å². The van der Waals surface area contributed by atoms with Gasteiger partial charge in [-0.2, -0.15) is 0 Å². The van der Waals surface area contributed by atoms with Crippen molar-refractivity contribution < 1.29 is 0 Å². The Balaban J connectivity index is 1.38. The number of aryl methyl sites for hydroxylation is 1. The van der Waals surface area contributed by atoms with Gasteiger partial charge in [0.1, 0.15) is 0 Å². The fraction of sp³-hybridized carbons (Fsp3) is 0.0222.